The minimum absolute atomic E-state index is 0.0554. The number of thiazole rings is 1. The van der Waals surface area contributed by atoms with E-state index in [2.05, 4.69) is 11.8 Å². The van der Waals surface area contributed by atoms with Crippen molar-refractivity contribution in [3.63, 3.8) is 0 Å². The van der Waals surface area contributed by atoms with Gasteiger partial charge in [-0.15, -0.1) is 11.3 Å². The summed E-state index contributed by atoms with van der Waals surface area (Å²) in [5.41, 5.74) is 1.69. The molecule has 2 aliphatic heterocycles. The van der Waals surface area contributed by atoms with E-state index in [1.807, 2.05) is 42.6 Å². The number of nitrogens with zero attached hydrogens (tertiary/aromatic N) is 2. The molecule has 2 fully saturated rings. The lowest BCUT2D eigenvalue weighted by molar-refractivity contribution is -0.120. The molecule has 1 saturated heterocycles. The fourth-order valence-electron chi connectivity index (χ4n) is 5.33. The van der Waals surface area contributed by atoms with Gasteiger partial charge in [0.25, 0.3) is 0 Å². The number of hydrogen-bond acceptors (Lipinski definition) is 6. The summed E-state index contributed by atoms with van der Waals surface area (Å²) in [5.74, 6) is 2.33. The van der Waals surface area contributed by atoms with Crippen LogP contribution in [0.25, 0.3) is 0 Å². The predicted octanol–water partition coefficient (Wildman–Crippen LogP) is 6.45. The average Bonchev–Trinajstić information content (AvgIpc) is 3.13. The molecule has 1 saturated carbocycles. The Balaban J connectivity index is 1.25. The summed E-state index contributed by atoms with van der Waals surface area (Å²) in [5, 5.41) is 1.97. The molecule has 0 N–H and O–H groups in total. The van der Waals surface area contributed by atoms with Crippen molar-refractivity contribution >= 4 is 40.3 Å². The monoisotopic (exact) mass is 528 g/mol. The molecule has 6 rings (SSSR count). The Morgan fingerprint density at radius 3 is 2.74 bits per heavy atom. The van der Waals surface area contributed by atoms with Crippen LogP contribution in [0.15, 0.2) is 42.6 Å². The molecule has 2 aromatic carbocycles. The van der Waals surface area contributed by atoms with Crippen LogP contribution >= 0.6 is 34.5 Å². The number of ketones is 1. The Kier molecular flexibility index (Phi) is 6.04. The molecule has 0 bridgehead atoms. The zero-order valence-corrected chi connectivity index (χ0v) is 21.8. The van der Waals surface area contributed by atoms with Gasteiger partial charge >= 0.3 is 0 Å². The average molecular weight is 529 g/mol. The molecular formula is C27H26Cl2N2O3S. The first-order valence-corrected chi connectivity index (χ1v) is 13.6. The van der Waals surface area contributed by atoms with Crippen LogP contribution in [-0.2, 0) is 16.6 Å². The molecule has 35 heavy (non-hydrogen) atoms. The van der Waals surface area contributed by atoms with Crippen molar-refractivity contribution in [1.29, 1.82) is 0 Å². The van der Waals surface area contributed by atoms with Crippen molar-refractivity contribution in [2.75, 3.05) is 19.9 Å². The number of likely N-dealkylation sites (tertiary alicyclic amines) is 1. The van der Waals surface area contributed by atoms with E-state index in [0.29, 0.717) is 22.4 Å². The third kappa shape index (κ3) is 4.35. The van der Waals surface area contributed by atoms with Crippen LogP contribution in [0, 0.1) is 5.92 Å². The highest BCUT2D eigenvalue weighted by atomic mass is 35.5. The molecule has 0 radical (unpaired) electrons. The molecule has 1 aromatic heterocycles. The number of benzene rings is 2. The number of carbonyl (C=O) groups is 1. The van der Waals surface area contributed by atoms with Crippen molar-refractivity contribution in [1.82, 2.24) is 9.88 Å². The topological polar surface area (TPSA) is 51.7 Å². The molecule has 8 heteroatoms. The number of ether oxygens (including phenoxy) is 2. The number of rotatable bonds is 7. The fourth-order valence-corrected chi connectivity index (χ4v) is 6.72. The third-order valence-corrected chi connectivity index (χ3v) is 9.23. The number of fused-ring (bicyclic) bond motifs is 1. The zero-order chi connectivity index (χ0) is 24.2. The van der Waals surface area contributed by atoms with E-state index in [4.69, 9.17) is 37.7 Å². The number of carbonyl (C=O) groups excluding carboxylic acids is 1. The third-order valence-electron chi connectivity index (χ3n) is 7.44. The van der Waals surface area contributed by atoms with E-state index in [-0.39, 0.29) is 18.6 Å². The normalized spacial score (nSPS) is 21.3. The molecule has 5 nitrogen and oxygen atoms in total. The predicted molar refractivity (Wildman–Crippen MR) is 138 cm³/mol. The summed E-state index contributed by atoms with van der Waals surface area (Å²) in [7, 11) is 0. The molecule has 0 spiro atoms. The highest BCUT2D eigenvalue weighted by Crippen LogP contribution is 2.52. The fraction of sp³-hybridized carbons (Fsp3) is 0.407. The quantitative estimate of drug-likeness (QED) is 0.352. The lowest BCUT2D eigenvalue weighted by Crippen LogP contribution is -2.26. The Hall–Kier alpha value is -2.12. The van der Waals surface area contributed by atoms with Crippen LogP contribution in [0.2, 0.25) is 10.0 Å². The van der Waals surface area contributed by atoms with Crippen LogP contribution in [-0.4, -0.2) is 35.5 Å². The van der Waals surface area contributed by atoms with Gasteiger partial charge in [-0.1, -0.05) is 42.3 Å². The molecule has 182 valence electrons. The highest BCUT2D eigenvalue weighted by molar-refractivity contribution is 7.11. The zero-order valence-electron chi connectivity index (χ0n) is 19.4. The van der Waals surface area contributed by atoms with Gasteiger partial charge in [0, 0.05) is 17.6 Å². The number of hydrogen-bond donors (Lipinski definition) is 0. The number of halogens is 2. The summed E-state index contributed by atoms with van der Waals surface area (Å²) in [6.45, 7) is 4.56. The summed E-state index contributed by atoms with van der Waals surface area (Å²) < 4.78 is 11.0. The Bertz CT molecular complexity index is 1290. The Morgan fingerprint density at radius 1 is 1.17 bits per heavy atom. The van der Waals surface area contributed by atoms with E-state index in [0.717, 1.165) is 58.4 Å². The largest absolute Gasteiger partial charge is 0.454 e. The molecule has 1 aliphatic carbocycles. The summed E-state index contributed by atoms with van der Waals surface area (Å²) in [6, 6.07) is 11.8. The van der Waals surface area contributed by atoms with E-state index >= 15 is 0 Å². The maximum absolute atomic E-state index is 13.5. The van der Waals surface area contributed by atoms with Gasteiger partial charge in [-0.25, -0.2) is 4.98 Å². The van der Waals surface area contributed by atoms with E-state index in [9.17, 15) is 4.79 Å². The molecule has 3 aliphatic rings. The lowest BCUT2D eigenvalue weighted by atomic mass is 9.89. The lowest BCUT2D eigenvalue weighted by Gasteiger charge is -2.27. The molecule has 3 heterocycles. The van der Waals surface area contributed by atoms with Crippen molar-refractivity contribution in [3.8, 4) is 11.5 Å². The Morgan fingerprint density at radius 2 is 2.00 bits per heavy atom. The minimum Gasteiger partial charge on any atom is -0.454 e. The van der Waals surface area contributed by atoms with Crippen LogP contribution in [0.3, 0.4) is 0 Å². The van der Waals surface area contributed by atoms with Gasteiger partial charge in [0.15, 0.2) is 11.5 Å². The van der Waals surface area contributed by atoms with E-state index in [1.165, 1.54) is 6.42 Å². The molecule has 0 unspecified atom stereocenters. The summed E-state index contributed by atoms with van der Waals surface area (Å²) in [4.78, 5) is 21.8. The maximum Gasteiger partial charge on any atom is 0.231 e. The van der Waals surface area contributed by atoms with Gasteiger partial charge in [-0.05, 0) is 67.1 Å². The van der Waals surface area contributed by atoms with Crippen molar-refractivity contribution < 1.29 is 14.3 Å². The standard InChI is InChI=1S/C27H26Cl2N2O3S/c1-16-6-9-31(14-16)26(17-2-4-19(28)20(29)10-17)23-13-30-25(35-23)12-24(32)27(7-8-27)18-3-5-21-22(11-18)34-15-33-21/h2-5,10-11,13,16,26H,6-9,12,14-15H2,1H3/t16-,26-/m0/s1. The smallest absolute Gasteiger partial charge is 0.231 e. The van der Waals surface area contributed by atoms with E-state index in [1.54, 1.807) is 11.3 Å². The van der Waals surface area contributed by atoms with Crippen molar-refractivity contribution in [3.05, 3.63) is 73.7 Å². The van der Waals surface area contributed by atoms with Gasteiger partial charge in [0.2, 0.25) is 6.79 Å². The van der Waals surface area contributed by atoms with E-state index < -0.39 is 5.41 Å². The molecule has 0 amide bonds. The van der Waals surface area contributed by atoms with Crippen LogP contribution in [0.4, 0.5) is 0 Å². The van der Waals surface area contributed by atoms with Gasteiger partial charge in [-0.3, -0.25) is 9.69 Å². The first-order valence-electron chi connectivity index (χ1n) is 12.0. The molecule has 2 atom stereocenters. The first-order chi connectivity index (χ1) is 16.9. The van der Waals surface area contributed by atoms with Crippen molar-refractivity contribution in [2.45, 2.75) is 44.1 Å². The van der Waals surface area contributed by atoms with Gasteiger partial charge in [-0.2, -0.15) is 0 Å². The van der Waals surface area contributed by atoms with Crippen LogP contribution < -0.4 is 9.47 Å². The minimum atomic E-state index is -0.430. The van der Waals surface area contributed by atoms with Crippen LogP contribution in [0.1, 0.15) is 53.2 Å². The van der Waals surface area contributed by atoms with Gasteiger partial charge in [0.1, 0.15) is 10.8 Å². The summed E-state index contributed by atoms with van der Waals surface area (Å²) >= 11 is 14.2. The van der Waals surface area contributed by atoms with Gasteiger partial charge in [0.05, 0.1) is 27.9 Å². The highest BCUT2D eigenvalue weighted by Gasteiger charge is 2.51. The second-order valence-electron chi connectivity index (χ2n) is 9.87. The number of Topliss-reactive ketones (excluding diaryl/α,β-unsaturated/α-hetero) is 1. The first kappa shape index (κ1) is 23.3. The molecule has 3 aromatic rings. The number of aromatic nitrogens is 1. The second-order valence-corrected chi connectivity index (χ2v) is 11.8. The molecular weight excluding hydrogens is 503 g/mol. The second kappa shape index (κ2) is 9.07. The summed E-state index contributed by atoms with van der Waals surface area (Å²) in [6.07, 6.45) is 5.16. The SMILES string of the molecule is C[C@H]1CCN([C@@H](c2ccc(Cl)c(Cl)c2)c2cnc(CC(=O)C3(c4ccc5c(c4)OCO5)CC3)s2)C1. The Labute approximate surface area is 219 Å². The maximum atomic E-state index is 13.5. The van der Waals surface area contributed by atoms with Gasteiger partial charge < -0.3 is 9.47 Å². The van der Waals surface area contributed by atoms with Crippen molar-refractivity contribution in [2.24, 2.45) is 5.92 Å². The van der Waals surface area contributed by atoms with Crippen LogP contribution in [0.5, 0.6) is 11.5 Å².